The number of aromatic nitrogens is 1. The number of aryl methyl sites for hydroxylation is 1. The van der Waals surface area contributed by atoms with Crippen LogP contribution < -0.4 is 4.74 Å². The first-order valence-corrected chi connectivity index (χ1v) is 5.81. The summed E-state index contributed by atoms with van der Waals surface area (Å²) in [4.78, 5) is 15.1. The van der Waals surface area contributed by atoms with E-state index in [4.69, 9.17) is 9.47 Å². The number of carbonyl (C=O) groups is 1. The maximum atomic E-state index is 10.9. The molecule has 2 aromatic rings. The quantitative estimate of drug-likeness (QED) is 0.859. The number of phenols is 1. The van der Waals surface area contributed by atoms with E-state index in [1.807, 2.05) is 13.0 Å². The smallest absolute Gasteiger partial charge is 0.302 e. The number of esters is 1. The lowest BCUT2D eigenvalue weighted by Gasteiger charge is -2.13. The fourth-order valence-electron chi connectivity index (χ4n) is 1.95. The largest absolute Gasteiger partial charge is 0.507 e. The Morgan fingerprint density at radius 2 is 2.16 bits per heavy atom. The molecule has 1 aromatic carbocycles. The Hall–Kier alpha value is -2.30. The van der Waals surface area contributed by atoms with Crippen LogP contribution in [0, 0.1) is 6.92 Å². The molecule has 0 aliphatic carbocycles. The number of benzene rings is 1. The molecule has 0 radical (unpaired) electrons. The highest BCUT2D eigenvalue weighted by molar-refractivity contribution is 5.91. The second-order valence-electron chi connectivity index (χ2n) is 4.23. The van der Waals surface area contributed by atoms with Crippen LogP contribution in [0.4, 0.5) is 0 Å². The number of pyridine rings is 1. The van der Waals surface area contributed by atoms with Crippen molar-refractivity contribution in [2.24, 2.45) is 0 Å². The fraction of sp³-hybridized carbons (Fsp3) is 0.286. The Kier molecular flexibility index (Phi) is 3.55. The van der Waals surface area contributed by atoms with Gasteiger partial charge in [0.05, 0.1) is 12.7 Å². The lowest BCUT2D eigenvalue weighted by Crippen LogP contribution is -2.02. The van der Waals surface area contributed by atoms with Crippen molar-refractivity contribution >= 4 is 16.7 Å². The monoisotopic (exact) mass is 261 g/mol. The van der Waals surface area contributed by atoms with Gasteiger partial charge in [-0.1, -0.05) is 0 Å². The number of rotatable bonds is 3. The van der Waals surface area contributed by atoms with E-state index in [0.29, 0.717) is 11.3 Å². The third kappa shape index (κ3) is 2.59. The molecular weight excluding hydrogens is 246 g/mol. The van der Waals surface area contributed by atoms with Crippen molar-refractivity contribution in [1.29, 1.82) is 0 Å². The van der Waals surface area contributed by atoms with E-state index in [0.717, 1.165) is 16.5 Å². The van der Waals surface area contributed by atoms with Gasteiger partial charge in [-0.25, -0.2) is 0 Å². The summed E-state index contributed by atoms with van der Waals surface area (Å²) in [6.45, 7) is 3.15. The van der Waals surface area contributed by atoms with Crippen LogP contribution in [0.25, 0.3) is 10.8 Å². The molecule has 5 heteroatoms. The van der Waals surface area contributed by atoms with Crippen molar-refractivity contribution in [3.05, 3.63) is 29.6 Å². The molecule has 0 bridgehead atoms. The van der Waals surface area contributed by atoms with Gasteiger partial charge in [-0.15, -0.1) is 0 Å². The summed E-state index contributed by atoms with van der Waals surface area (Å²) in [5.41, 5.74) is 1.29. The predicted octanol–water partition coefficient (Wildman–Crippen LogP) is 2.32. The number of nitrogens with zero attached hydrogens (tertiary/aromatic N) is 1. The Balaban J connectivity index is 2.59. The normalized spacial score (nSPS) is 10.5. The van der Waals surface area contributed by atoms with Gasteiger partial charge < -0.3 is 14.6 Å². The molecule has 100 valence electrons. The number of fused-ring (bicyclic) bond motifs is 1. The van der Waals surface area contributed by atoms with Gasteiger partial charge in [-0.05, 0) is 24.4 Å². The van der Waals surface area contributed by atoms with Crippen LogP contribution in [0.5, 0.6) is 11.5 Å². The van der Waals surface area contributed by atoms with Crippen LogP contribution in [0.2, 0.25) is 0 Å². The van der Waals surface area contributed by atoms with Crippen molar-refractivity contribution in [3.63, 3.8) is 0 Å². The molecule has 1 aromatic heterocycles. The maximum Gasteiger partial charge on any atom is 0.302 e. The number of ether oxygens (including phenoxy) is 2. The molecule has 0 fully saturated rings. The highest BCUT2D eigenvalue weighted by atomic mass is 16.5. The van der Waals surface area contributed by atoms with E-state index >= 15 is 0 Å². The Labute approximate surface area is 110 Å². The molecule has 0 amide bonds. The number of hydrogen-bond acceptors (Lipinski definition) is 5. The Bertz CT molecular complexity index is 637. The lowest BCUT2D eigenvalue weighted by atomic mass is 10.1. The first-order valence-electron chi connectivity index (χ1n) is 5.81. The van der Waals surface area contributed by atoms with Crippen LogP contribution in [-0.4, -0.2) is 23.2 Å². The number of phenolic OH excluding ortho intramolecular Hbond substituents is 1. The highest BCUT2D eigenvalue weighted by Gasteiger charge is 2.15. The summed E-state index contributed by atoms with van der Waals surface area (Å²) in [7, 11) is 1.51. The van der Waals surface area contributed by atoms with Gasteiger partial charge in [0.2, 0.25) is 0 Å². The second-order valence-corrected chi connectivity index (χ2v) is 4.23. The average molecular weight is 261 g/mol. The van der Waals surface area contributed by atoms with Crippen molar-refractivity contribution in [3.8, 4) is 11.5 Å². The van der Waals surface area contributed by atoms with Crippen LogP contribution in [0.15, 0.2) is 18.3 Å². The topological polar surface area (TPSA) is 68.7 Å². The minimum Gasteiger partial charge on any atom is -0.507 e. The van der Waals surface area contributed by atoms with Gasteiger partial charge in [0, 0.05) is 24.2 Å². The van der Waals surface area contributed by atoms with E-state index in [9.17, 15) is 9.90 Å². The average Bonchev–Trinajstić information content (AvgIpc) is 2.35. The van der Waals surface area contributed by atoms with E-state index < -0.39 is 5.97 Å². The Morgan fingerprint density at radius 1 is 1.42 bits per heavy atom. The third-order valence-electron chi connectivity index (χ3n) is 2.82. The fourth-order valence-corrected chi connectivity index (χ4v) is 1.95. The van der Waals surface area contributed by atoms with Gasteiger partial charge in [0.25, 0.3) is 0 Å². The SMILES string of the molecule is COc1c(COC(C)=O)c(O)cc2cc(C)ncc12. The summed E-state index contributed by atoms with van der Waals surface area (Å²) in [6, 6.07) is 3.47. The minimum atomic E-state index is -0.413. The number of carbonyl (C=O) groups excluding carboxylic acids is 1. The van der Waals surface area contributed by atoms with E-state index in [1.165, 1.54) is 14.0 Å². The number of methoxy groups -OCH3 is 1. The highest BCUT2D eigenvalue weighted by Crippen LogP contribution is 2.36. The summed E-state index contributed by atoms with van der Waals surface area (Å²) in [5, 5.41) is 11.6. The maximum absolute atomic E-state index is 10.9. The van der Waals surface area contributed by atoms with Crippen molar-refractivity contribution in [2.75, 3.05) is 7.11 Å². The van der Waals surface area contributed by atoms with Gasteiger partial charge in [0.15, 0.2) is 0 Å². The zero-order valence-corrected chi connectivity index (χ0v) is 11.1. The van der Waals surface area contributed by atoms with Crippen molar-refractivity contribution in [1.82, 2.24) is 4.98 Å². The molecule has 0 saturated heterocycles. The molecule has 5 nitrogen and oxygen atoms in total. The first-order chi connectivity index (χ1) is 9.02. The summed E-state index contributed by atoms with van der Waals surface area (Å²) >= 11 is 0. The molecule has 0 unspecified atom stereocenters. The van der Waals surface area contributed by atoms with Gasteiger partial charge >= 0.3 is 5.97 Å². The van der Waals surface area contributed by atoms with Gasteiger partial charge in [-0.2, -0.15) is 0 Å². The van der Waals surface area contributed by atoms with Crippen LogP contribution in [0.3, 0.4) is 0 Å². The molecule has 0 aliphatic rings. The molecule has 19 heavy (non-hydrogen) atoms. The summed E-state index contributed by atoms with van der Waals surface area (Å²) in [5.74, 6) is 0.100. The standard InChI is InChI=1S/C14H15NO4/c1-8-4-10-5-13(17)12(7-19-9(2)16)14(18-3)11(10)6-15-8/h4-6,17H,7H2,1-3H3. The molecule has 0 spiro atoms. The molecule has 0 atom stereocenters. The van der Waals surface area contributed by atoms with Crippen molar-refractivity contribution in [2.45, 2.75) is 20.5 Å². The minimum absolute atomic E-state index is 0.0336. The molecule has 0 aliphatic heterocycles. The zero-order chi connectivity index (χ0) is 14.0. The van der Waals surface area contributed by atoms with Crippen molar-refractivity contribution < 1.29 is 19.4 Å². The van der Waals surface area contributed by atoms with Crippen LogP contribution >= 0.6 is 0 Å². The molecule has 1 N–H and O–H groups in total. The summed E-state index contributed by atoms with van der Waals surface area (Å²) < 4.78 is 10.2. The van der Waals surface area contributed by atoms with Crippen LogP contribution in [-0.2, 0) is 16.1 Å². The molecule has 0 saturated carbocycles. The van der Waals surface area contributed by atoms with E-state index in [2.05, 4.69) is 4.98 Å². The summed E-state index contributed by atoms with van der Waals surface area (Å²) in [6.07, 6.45) is 1.68. The van der Waals surface area contributed by atoms with E-state index in [1.54, 1.807) is 12.3 Å². The van der Waals surface area contributed by atoms with Gasteiger partial charge in [-0.3, -0.25) is 9.78 Å². The zero-order valence-electron chi connectivity index (χ0n) is 11.1. The molecular formula is C14H15NO4. The molecule has 2 rings (SSSR count). The number of aromatic hydroxyl groups is 1. The Morgan fingerprint density at radius 3 is 2.79 bits per heavy atom. The second kappa shape index (κ2) is 5.14. The number of hydrogen-bond donors (Lipinski definition) is 1. The third-order valence-corrected chi connectivity index (χ3v) is 2.82. The van der Waals surface area contributed by atoms with Crippen LogP contribution in [0.1, 0.15) is 18.2 Å². The lowest BCUT2D eigenvalue weighted by molar-refractivity contribution is -0.142. The van der Waals surface area contributed by atoms with E-state index in [-0.39, 0.29) is 12.4 Å². The predicted molar refractivity (Wildman–Crippen MR) is 70.2 cm³/mol. The molecule has 1 heterocycles. The van der Waals surface area contributed by atoms with Gasteiger partial charge in [0.1, 0.15) is 18.1 Å². The first kappa shape index (κ1) is 13.1.